The van der Waals surface area contributed by atoms with Gasteiger partial charge in [0.25, 0.3) is 0 Å². The Labute approximate surface area is 294 Å². The molecule has 8 aromatic carbocycles. The van der Waals surface area contributed by atoms with Gasteiger partial charge in [0.15, 0.2) is 0 Å². The highest BCUT2D eigenvalue weighted by molar-refractivity contribution is 6.23. The van der Waals surface area contributed by atoms with Crippen LogP contribution < -0.4 is 0 Å². The molecule has 10 rings (SSSR count). The molecule has 0 aliphatic heterocycles. The number of fused-ring (bicyclic) bond motifs is 8. The predicted octanol–water partition coefficient (Wildman–Crippen LogP) is 13.6. The lowest BCUT2D eigenvalue weighted by molar-refractivity contribution is 0.660. The van der Waals surface area contributed by atoms with Gasteiger partial charge in [-0.1, -0.05) is 173 Å². The van der Waals surface area contributed by atoms with Crippen molar-refractivity contribution >= 4 is 21.5 Å². The van der Waals surface area contributed by atoms with Gasteiger partial charge < -0.3 is 0 Å². The van der Waals surface area contributed by atoms with E-state index in [1.165, 1.54) is 99.4 Å². The quantitative estimate of drug-likeness (QED) is 0.169. The van der Waals surface area contributed by atoms with Gasteiger partial charge in [0.05, 0.1) is 0 Å². The second kappa shape index (κ2) is 10.4. The first-order valence-corrected chi connectivity index (χ1v) is 17.9. The van der Waals surface area contributed by atoms with Crippen LogP contribution in [-0.2, 0) is 10.8 Å². The maximum atomic E-state index is 2.49. The van der Waals surface area contributed by atoms with E-state index >= 15 is 0 Å². The molecule has 0 aromatic heterocycles. The fraction of sp³-hybridized carbons (Fsp3) is 0.120. The van der Waals surface area contributed by atoms with Crippen LogP contribution in [-0.4, -0.2) is 0 Å². The monoisotopic (exact) mass is 638 g/mol. The zero-order valence-electron chi connectivity index (χ0n) is 29.0. The highest BCUT2D eigenvalue weighted by atomic mass is 14.4. The van der Waals surface area contributed by atoms with E-state index in [2.05, 4.69) is 185 Å². The minimum absolute atomic E-state index is 0.0667. The lowest BCUT2D eigenvalue weighted by Crippen LogP contribution is -2.14. The second-order valence-electron chi connectivity index (χ2n) is 15.3. The third-order valence-corrected chi connectivity index (χ3v) is 11.9. The van der Waals surface area contributed by atoms with E-state index < -0.39 is 0 Å². The van der Waals surface area contributed by atoms with Crippen molar-refractivity contribution in [1.82, 2.24) is 0 Å². The van der Waals surface area contributed by atoms with Crippen molar-refractivity contribution in [2.24, 2.45) is 0 Å². The first-order chi connectivity index (χ1) is 24.3. The normalized spacial score (nSPS) is 14.7. The van der Waals surface area contributed by atoms with Crippen LogP contribution in [0.15, 0.2) is 158 Å². The first-order valence-electron chi connectivity index (χ1n) is 17.9. The molecule has 0 heteroatoms. The largest absolute Gasteiger partial charge is 0.0622 e. The summed E-state index contributed by atoms with van der Waals surface area (Å²) in [7, 11) is 0. The lowest BCUT2D eigenvalue weighted by Gasteiger charge is -2.24. The summed E-state index contributed by atoms with van der Waals surface area (Å²) in [6, 6.07) is 59.3. The second-order valence-corrected chi connectivity index (χ2v) is 15.3. The smallest absolute Gasteiger partial charge is 0.0159 e. The molecule has 0 unspecified atom stereocenters. The van der Waals surface area contributed by atoms with E-state index in [-0.39, 0.29) is 10.8 Å². The number of rotatable bonds is 3. The average Bonchev–Trinajstić information content (AvgIpc) is 3.53. The molecular weight excluding hydrogens is 601 g/mol. The van der Waals surface area contributed by atoms with Gasteiger partial charge in [-0.05, 0) is 112 Å². The van der Waals surface area contributed by atoms with Crippen molar-refractivity contribution in [2.75, 3.05) is 0 Å². The van der Waals surface area contributed by atoms with Crippen LogP contribution in [0.1, 0.15) is 49.9 Å². The molecule has 0 heterocycles. The van der Waals surface area contributed by atoms with Crippen LogP contribution in [0.3, 0.4) is 0 Å². The fourth-order valence-corrected chi connectivity index (χ4v) is 9.41. The standard InChI is InChI=1S/C50H38/c1-49(2)43-23-13-11-20-39(43)48-40(21-14-24-44(48)49)47-37-19-9-8-18-36(37)46(41-29-32(25-28-38(41)47)31-15-6-5-7-16-31)33-26-27-35-34-17-10-12-22-42(34)50(3,4)45(35)30-33/h5-30H,1-4H3. The van der Waals surface area contributed by atoms with Crippen LogP contribution in [0.4, 0.5) is 0 Å². The molecule has 0 saturated carbocycles. The Hall–Kier alpha value is -5.72. The van der Waals surface area contributed by atoms with E-state index in [1.807, 2.05) is 0 Å². The number of benzene rings is 8. The summed E-state index contributed by atoms with van der Waals surface area (Å²) in [4.78, 5) is 0. The van der Waals surface area contributed by atoms with Gasteiger partial charge in [0.1, 0.15) is 0 Å². The molecule has 0 fully saturated rings. The molecular formula is C50H38. The Morgan fingerprint density at radius 1 is 0.280 bits per heavy atom. The predicted molar refractivity (Wildman–Crippen MR) is 213 cm³/mol. The molecule has 0 radical (unpaired) electrons. The van der Waals surface area contributed by atoms with E-state index in [1.54, 1.807) is 0 Å². The van der Waals surface area contributed by atoms with Crippen molar-refractivity contribution in [1.29, 1.82) is 0 Å². The van der Waals surface area contributed by atoms with Gasteiger partial charge in [0.2, 0.25) is 0 Å². The van der Waals surface area contributed by atoms with Crippen molar-refractivity contribution in [3.63, 3.8) is 0 Å². The molecule has 50 heavy (non-hydrogen) atoms. The fourth-order valence-electron chi connectivity index (χ4n) is 9.41. The SMILES string of the molecule is CC1(C)c2ccccc2-c2ccc(-c3c4ccccc4c(-c4cccc5c4-c4ccccc4C5(C)C)c4ccc(-c5ccccc5)cc34)cc21. The minimum Gasteiger partial charge on any atom is -0.0622 e. The Bertz CT molecular complexity index is 2690. The van der Waals surface area contributed by atoms with Gasteiger partial charge >= 0.3 is 0 Å². The highest BCUT2D eigenvalue weighted by Crippen LogP contribution is 2.55. The maximum Gasteiger partial charge on any atom is 0.0159 e. The molecule has 2 aliphatic rings. The van der Waals surface area contributed by atoms with E-state index in [4.69, 9.17) is 0 Å². The van der Waals surface area contributed by atoms with Crippen LogP contribution in [0.25, 0.3) is 77.2 Å². The summed E-state index contributed by atoms with van der Waals surface area (Å²) in [6.45, 7) is 9.51. The Morgan fingerprint density at radius 3 is 1.60 bits per heavy atom. The Morgan fingerprint density at radius 2 is 0.820 bits per heavy atom. The van der Waals surface area contributed by atoms with Crippen LogP contribution in [0.2, 0.25) is 0 Å². The number of hydrogen-bond acceptors (Lipinski definition) is 0. The zero-order valence-corrected chi connectivity index (χ0v) is 29.0. The van der Waals surface area contributed by atoms with Gasteiger partial charge in [-0.15, -0.1) is 0 Å². The lowest BCUT2D eigenvalue weighted by atomic mass is 9.79. The van der Waals surface area contributed by atoms with Gasteiger partial charge in [-0.3, -0.25) is 0 Å². The van der Waals surface area contributed by atoms with E-state index in [0.29, 0.717) is 0 Å². The summed E-state index contributed by atoms with van der Waals surface area (Å²) in [5, 5.41) is 5.16. The molecule has 2 aliphatic carbocycles. The van der Waals surface area contributed by atoms with Crippen LogP contribution in [0, 0.1) is 0 Å². The highest BCUT2D eigenvalue weighted by Gasteiger charge is 2.38. The molecule has 8 aromatic rings. The van der Waals surface area contributed by atoms with E-state index in [0.717, 1.165) is 0 Å². The molecule has 0 nitrogen and oxygen atoms in total. The summed E-state index contributed by atoms with van der Waals surface area (Å²) < 4.78 is 0. The van der Waals surface area contributed by atoms with Crippen molar-refractivity contribution < 1.29 is 0 Å². The molecule has 238 valence electrons. The summed E-state index contributed by atoms with van der Waals surface area (Å²) in [6.07, 6.45) is 0. The third-order valence-electron chi connectivity index (χ3n) is 11.9. The summed E-state index contributed by atoms with van der Waals surface area (Å²) in [5.74, 6) is 0. The molecule has 0 N–H and O–H groups in total. The summed E-state index contributed by atoms with van der Waals surface area (Å²) in [5.41, 5.74) is 18.6. The zero-order chi connectivity index (χ0) is 33.8. The molecule has 0 amide bonds. The maximum absolute atomic E-state index is 2.49. The number of hydrogen-bond donors (Lipinski definition) is 0. The topological polar surface area (TPSA) is 0 Å². The minimum atomic E-state index is -0.0759. The van der Waals surface area contributed by atoms with Crippen molar-refractivity contribution in [3.8, 4) is 55.6 Å². The van der Waals surface area contributed by atoms with Crippen molar-refractivity contribution in [3.05, 3.63) is 180 Å². The molecule has 0 bridgehead atoms. The average molecular weight is 639 g/mol. The van der Waals surface area contributed by atoms with E-state index in [9.17, 15) is 0 Å². The van der Waals surface area contributed by atoms with Gasteiger partial charge in [-0.2, -0.15) is 0 Å². The molecule has 0 atom stereocenters. The Balaban J connectivity index is 1.32. The summed E-state index contributed by atoms with van der Waals surface area (Å²) >= 11 is 0. The third kappa shape index (κ3) is 3.94. The molecule has 0 spiro atoms. The molecule has 0 saturated heterocycles. The van der Waals surface area contributed by atoms with Crippen molar-refractivity contribution in [2.45, 2.75) is 38.5 Å². The van der Waals surface area contributed by atoms with Gasteiger partial charge in [0, 0.05) is 10.8 Å². The van der Waals surface area contributed by atoms with Gasteiger partial charge in [-0.25, -0.2) is 0 Å². The van der Waals surface area contributed by atoms with Crippen LogP contribution in [0.5, 0.6) is 0 Å². The Kier molecular flexibility index (Phi) is 6.07. The van der Waals surface area contributed by atoms with Crippen LogP contribution >= 0.6 is 0 Å². The first kappa shape index (κ1) is 29.2.